The van der Waals surface area contributed by atoms with E-state index in [-0.39, 0.29) is 22.7 Å². The Labute approximate surface area is 175 Å². The molecule has 2 fully saturated rings. The molecule has 29 heavy (non-hydrogen) atoms. The Kier molecular flexibility index (Phi) is 4.44. The van der Waals surface area contributed by atoms with Crippen molar-refractivity contribution in [1.82, 2.24) is 0 Å². The van der Waals surface area contributed by atoms with Crippen LogP contribution in [-0.4, -0.2) is 17.0 Å². The highest BCUT2D eigenvalue weighted by Crippen LogP contribution is 2.64. The summed E-state index contributed by atoms with van der Waals surface area (Å²) >= 11 is 0. The molecule has 4 aliphatic rings. The molecule has 2 nitrogen and oxygen atoms in total. The molecule has 4 aliphatic carbocycles. The number of rotatable bonds is 2. The molecule has 0 bridgehead atoms. The van der Waals surface area contributed by atoms with E-state index in [1.54, 1.807) is 6.92 Å². The first-order valence-corrected chi connectivity index (χ1v) is 11.5. The van der Waals surface area contributed by atoms with Crippen molar-refractivity contribution < 1.29 is 9.90 Å². The van der Waals surface area contributed by atoms with Crippen molar-refractivity contribution in [2.24, 2.45) is 28.6 Å². The first-order valence-electron chi connectivity index (χ1n) is 11.5. The predicted octanol–water partition coefficient (Wildman–Crippen LogP) is 6.21. The largest absolute Gasteiger partial charge is 0.393 e. The summed E-state index contributed by atoms with van der Waals surface area (Å²) < 4.78 is 0. The van der Waals surface area contributed by atoms with Crippen LogP contribution in [0.1, 0.15) is 81.6 Å². The van der Waals surface area contributed by atoms with Crippen LogP contribution < -0.4 is 0 Å². The maximum atomic E-state index is 11.8. The van der Waals surface area contributed by atoms with Crippen molar-refractivity contribution >= 4 is 11.4 Å². The van der Waals surface area contributed by atoms with Gasteiger partial charge < -0.3 is 5.11 Å². The van der Waals surface area contributed by atoms with E-state index in [1.165, 1.54) is 48.8 Å². The minimum Gasteiger partial charge on any atom is -0.393 e. The number of carbonyl (C=O) groups excluding carboxylic acids is 1. The third-order valence-electron chi connectivity index (χ3n) is 9.36. The van der Waals surface area contributed by atoms with Gasteiger partial charge in [0.25, 0.3) is 0 Å². The lowest BCUT2D eigenvalue weighted by Gasteiger charge is -2.56. The van der Waals surface area contributed by atoms with Gasteiger partial charge in [-0.15, -0.1) is 0 Å². The number of hydrogen-bond acceptors (Lipinski definition) is 2. The number of carbonyl (C=O) groups is 1. The molecular formula is C27H34O2. The average Bonchev–Trinajstić information content (AvgIpc) is 3.02. The van der Waals surface area contributed by atoms with E-state index >= 15 is 0 Å². The van der Waals surface area contributed by atoms with Gasteiger partial charge in [-0.05, 0) is 103 Å². The van der Waals surface area contributed by atoms with E-state index in [0.717, 1.165) is 30.2 Å². The molecule has 0 radical (unpaired) electrons. The van der Waals surface area contributed by atoms with E-state index in [4.69, 9.17) is 0 Å². The normalized spacial score (nSPS) is 41.0. The first-order chi connectivity index (χ1) is 13.8. The second kappa shape index (κ2) is 6.67. The second-order valence-corrected chi connectivity index (χ2v) is 10.6. The Hall–Kier alpha value is -1.67. The number of fused-ring (bicyclic) bond motifs is 5. The molecule has 2 saturated carbocycles. The summed E-state index contributed by atoms with van der Waals surface area (Å²) in [4.78, 5) is 11.8. The lowest BCUT2D eigenvalue weighted by molar-refractivity contribution is -0.0622. The van der Waals surface area contributed by atoms with Gasteiger partial charge in [0, 0.05) is 5.56 Å². The van der Waals surface area contributed by atoms with Crippen LogP contribution in [0, 0.1) is 28.6 Å². The number of ketones is 1. The van der Waals surface area contributed by atoms with Crippen molar-refractivity contribution in [1.29, 1.82) is 0 Å². The smallest absolute Gasteiger partial charge is 0.159 e. The zero-order valence-corrected chi connectivity index (χ0v) is 18.1. The van der Waals surface area contributed by atoms with E-state index in [9.17, 15) is 9.90 Å². The van der Waals surface area contributed by atoms with E-state index in [1.807, 2.05) is 12.1 Å². The summed E-state index contributed by atoms with van der Waals surface area (Å²) in [6.07, 6.45) is 12.9. The number of hydrogen-bond donors (Lipinski definition) is 1. The second-order valence-electron chi connectivity index (χ2n) is 10.6. The van der Waals surface area contributed by atoms with Crippen molar-refractivity contribution in [2.45, 2.75) is 71.8 Å². The fourth-order valence-electron chi connectivity index (χ4n) is 7.46. The molecule has 6 atom stereocenters. The zero-order valence-electron chi connectivity index (χ0n) is 18.1. The molecule has 154 valence electrons. The minimum absolute atomic E-state index is 0.0990. The molecule has 1 aromatic rings. The van der Waals surface area contributed by atoms with Crippen LogP contribution in [0.15, 0.2) is 42.0 Å². The van der Waals surface area contributed by atoms with Gasteiger partial charge in [-0.3, -0.25) is 4.79 Å². The van der Waals surface area contributed by atoms with Crippen LogP contribution in [0.25, 0.3) is 5.57 Å². The standard InChI is InChI=1S/C27H34O2/c1-17(28)18-5-4-6-19(15-18)20-11-13-26(2)21(16-20)7-8-22-23-9-10-25(29)27(23,3)14-12-24(22)26/h4-7,15-16,22-25,29H,8-14H2,1-3H3/t22-,23-,24-,25-,26-,27-/m0/s1. The zero-order chi connectivity index (χ0) is 20.4. The van der Waals surface area contributed by atoms with Crippen LogP contribution in [0.2, 0.25) is 0 Å². The molecule has 0 aliphatic heterocycles. The van der Waals surface area contributed by atoms with Gasteiger partial charge in [-0.25, -0.2) is 0 Å². The Morgan fingerprint density at radius 2 is 1.93 bits per heavy atom. The summed E-state index contributed by atoms with van der Waals surface area (Å²) in [6.45, 7) is 6.50. The Morgan fingerprint density at radius 3 is 2.72 bits per heavy atom. The van der Waals surface area contributed by atoms with Crippen molar-refractivity contribution in [3.8, 4) is 0 Å². The van der Waals surface area contributed by atoms with Gasteiger partial charge in [-0.1, -0.05) is 44.2 Å². The summed E-state index contributed by atoms with van der Waals surface area (Å²) in [5, 5.41) is 10.6. The lowest BCUT2D eigenvalue weighted by atomic mass is 9.48. The number of aliphatic hydroxyl groups is 1. The van der Waals surface area contributed by atoms with Gasteiger partial charge in [0.2, 0.25) is 0 Å². The topological polar surface area (TPSA) is 37.3 Å². The molecule has 0 amide bonds. The average molecular weight is 391 g/mol. The van der Waals surface area contributed by atoms with Crippen molar-refractivity contribution in [2.75, 3.05) is 0 Å². The summed E-state index contributed by atoms with van der Waals surface area (Å²) in [7, 11) is 0. The third-order valence-corrected chi connectivity index (χ3v) is 9.36. The van der Waals surface area contributed by atoms with Crippen LogP contribution in [-0.2, 0) is 0 Å². The number of benzene rings is 1. The summed E-state index contributed by atoms with van der Waals surface area (Å²) in [5.41, 5.74) is 5.33. The minimum atomic E-state index is -0.0990. The highest BCUT2D eigenvalue weighted by Gasteiger charge is 2.57. The predicted molar refractivity (Wildman–Crippen MR) is 118 cm³/mol. The molecule has 0 heterocycles. The highest BCUT2D eigenvalue weighted by atomic mass is 16.3. The van der Waals surface area contributed by atoms with Gasteiger partial charge in [0.15, 0.2) is 5.78 Å². The van der Waals surface area contributed by atoms with Crippen LogP contribution >= 0.6 is 0 Å². The number of aliphatic hydroxyl groups excluding tert-OH is 1. The monoisotopic (exact) mass is 390 g/mol. The number of allylic oxidation sites excluding steroid dienone is 4. The Morgan fingerprint density at radius 1 is 1.10 bits per heavy atom. The van der Waals surface area contributed by atoms with Gasteiger partial charge >= 0.3 is 0 Å². The fraction of sp³-hybridized carbons (Fsp3) is 0.593. The van der Waals surface area contributed by atoms with Gasteiger partial charge in [-0.2, -0.15) is 0 Å². The Balaban J connectivity index is 1.48. The fourth-order valence-corrected chi connectivity index (χ4v) is 7.46. The summed E-state index contributed by atoms with van der Waals surface area (Å²) in [6, 6.07) is 8.15. The van der Waals surface area contributed by atoms with E-state index in [0.29, 0.717) is 5.92 Å². The maximum Gasteiger partial charge on any atom is 0.159 e. The molecule has 1 N–H and O–H groups in total. The van der Waals surface area contributed by atoms with E-state index in [2.05, 4.69) is 38.1 Å². The van der Waals surface area contributed by atoms with Crippen molar-refractivity contribution in [3.63, 3.8) is 0 Å². The molecule has 0 saturated heterocycles. The molecule has 1 aromatic carbocycles. The Bertz CT molecular complexity index is 909. The quantitative estimate of drug-likeness (QED) is 0.610. The maximum absolute atomic E-state index is 11.8. The number of Topliss-reactive ketones (excluding diaryl/α,β-unsaturated/α-hetero) is 1. The first kappa shape index (κ1) is 19.3. The lowest BCUT2D eigenvalue weighted by Crippen LogP contribution is -2.50. The molecule has 0 spiro atoms. The molecule has 5 rings (SSSR count). The highest BCUT2D eigenvalue weighted by molar-refractivity contribution is 5.95. The molecule has 0 unspecified atom stereocenters. The van der Waals surface area contributed by atoms with Gasteiger partial charge in [0.1, 0.15) is 0 Å². The van der Waals surface area contributed by atoms with Crippen molar-refractivity contribution in [3.05, 3.63) is 53.1 Å². The van der Waals surface area contributed by atoms with Crippen LogP contribution in [0.4, 0.5) is 0 Å². The SMILES string of the molecule is CC(=O)c1cccc(C2=CC3=CC[C@H]4[C@@H]5CC[C@H](O)[C@@]5(C)CC[C@@H]4[C@@]3(C)CC2)c1. The molecule has 2 heteroatoms. The van der Waals surface area contributed by atoms with Gasteiger partial charge in [0.05, 0.1) is 6.10 Å². The summed E-state index contributed by atoms with van der Waals surface area (Å²) in [5.74, 6) is 2.29. The van der Waals surface area contributed by atoms with Crippen LogP contribution in [0.5, 0.6) is 0 Å². The molecule has 0 aromatic heterocycles. The third kappa shape index (κ3) is 2.82. The van der Waals surface area contributed by atoms with E-state index < -0.39 is 0 Å². The molecular weight excluding hydrogens is 356 g/mol. The van der Waals surface area contributed by atoms with Crippen LogP contribution in [0.3, 0.4) is 0 Å².